The molecule has 1 atom stereocenters. The van der Waals surface area contributed by atoms with E-state index >= 15 is 0 Å². The number of nitrogens with zero attached hydrogens (tertiary/aromatic N) is 4. The Kier molecular flexibility index (Phi) is 5.71. The first-order valence-corrected chi connectivity index (χ1v) is 10.3. The van der Waals surface area contributed by atoms with Gasteiger partial charge in [0.15, 0.2) is 0 Å². The molecule has 6 nitrogen and oxygen atoms in total. The molecule has 2 aliphatic heterocycles. The third kappa shape index (κ3) is 3.71. The van der Waals surface area contributed by atoms with Crippen LogP contribution in [0.15, 0.2) is 12.4 Å². The number of thioether (sulfide) groups is 1. The van der Waals surface area contributed by atoms with Gasteiger partial charge in [0.25, 0.3) is 0 Å². The quantitative estimate of drug-likeness (QED) is 0.744. The van der Waals surface area contributed by atoms with Gasteiger partial charge in [-0.05, 0) is 19.3 Å². The van der Waals surface area contributed by atoms with E-state index in [1.165, 1.54) is 0 Å². The van der Waals surface area contributed by atoms with Crippen molar-refractivity contribution in [3.05, 3.63) is 12.4 Å². The Morgan fingerprint density at radius 1 is 1.24 bits per heavy atom. The van der Waals surface area contributed by atoms with Gasteiger partial charge in [-0.25, -0.2) is 9.97 Å². The van der Waals surface area contributed by atoms with Gasteiger partial charge >= 0.3 is 5.97 Å². The molecule has 0 spiro atoms. The van der Waals surface area contributed by atoms with Crippen molar-refractivity contribution in [3.8, 4) is 0 Å². The van der Waals surface area contributed by atoms with E-state index in [2.05, 4.69) is 39.7 Å². The lowest BCUT2D eigenvalue weighted by Gasteiger charge is -2.31. The number of hydrogen-bond acceptors (Lipinski definition) is 7. The number of hydrogen-bond donors (Lipinski definition) is 0. The number of carbonyl (C=O) groups excluding carboxylic acids is 1. The monoisotopic (exact) mass is 364 g/mol. The summed E-state index contributed by atoms with van der Waals surface area (Å²) in [6.07, 6.45) is 2.45. The molecule has 1 aromatic rings. The van der Waals surface area contributed by atoms with Gasteiger partial charge in [0.2, 0.25) is 0 Å². The van der Waals surface area contributed by atoms with Crippen LogP contribution in [0.2, 0.25) is 0 Å². The molecule has 0 bridgehead atoms. The average molecular weight is 365 g/mol. The minimum absolute atomic E-state index is 0.0742. The molecule has 0 aliphatic carbocycles. The molecule has 3 heterocycles. The number of rotatable bonds is 5. The van der Waals surface area contributed by atoms with Crippen molar-refractivity contribution in [2.45, 2.75) is 27.2 Å². The Labute approximate surface area is 154 Å². The molecule has 2 saturated heterocycles. The Morgan fingerprint density at radius 3 is 2.56 bits per heavy atom. The second-order valence-corrected chi connectivity index (χ2v) is 8.26. The summed E-state index contributed by atoms with van der Waals surface area (Å²) in [5.41, 5.74) is -0.442. The highest BCUT2D eigenvalue weighted by atomic mass is 32.2. The Balaban J connectivity index is 1.77. The molecule has 138 valence electrons. The van der Waals surface area contributed by atoms with Gasteiger partial charge in [-0.3, -0.25) is 4.79 Å². The molecule has 3 rings (SSSR count). The van der Waals surface area contributed by atoms with Crippen molar-refractivity contribution in [1.29, 1.82) is 0 Å². The first kappa shape index (κ1) is 18.3. The second-order valence-electron chi connectivity index (χ2n) is 7.04. The van der Waals surface area contributed by atoms with Gasteiger partial charge in [0.1, 0.15) is 18.0 Å². The molecule has 0 saturated carbocycles. The topological polar surface area (TPSA) is 58.6 Å². The van der Waals surface area contributed by atoms with Crippen molar-refractivity contribution in [2.24, 2.45) is 11.3 Å². The van der Waals surface area contributed by atoms with Gasteiger partial charge in [-0.15, -0.1) is 0 Å². The fraction of sp³-hybridized carbons (Fsp3) is 0.722. The van der Waals surface area contributed by atoms with Crippen molar-refractivity contribution in [1.82, 2.24) is 9.97 Å². The van der Waals surface area contributed by atoms with Gasteiger partial charge in [0, 0.05) is 43.8 Å². The second kappa shape index (κ2) is 7.81. The fourth-order valence-corrected chi connectivity index (χ4v) is 4.56. The predicted molar refractivity (Wildman–Crippen MR) is 102 cm³/mol. The number of esters is 1. The van der Waals surface area contributed by atoms with Crippen LogP contribution in [0.3, 0.4) is 0 Å². The Hall–Kier alpha value is -1.50. The van der Waals surface area contributed by atoms with Crippen LogP contribution in [0, 0.1) is 11.3 Å². The SMILES string of the molecule is CCOC(=O)C1(C(C)C)CCN(c2cc(N3CCSCC3)ncn2)C1. The number of ether oxygens (including phenoxy) is 1. The van der Waals surface area contributed by atoms with Crippen LogP contribution in [0.4, 0.5) is 11.6 Å². The first-order valence-electron chi connectivity index (χ1n) is 9.13. The molecule has 0 amide bonds. The van der Waals surface area contributed by atoms with Crippen molar-refractivity contribution >= 4 is 29.4 Å². The molecule has 0 radical (unpaired) electrons. The van der Waals surface area contributed by atoms with Crippen LogP contribution in [-0.4, -0.2) is 60.2 Å². The van der Waals surface area contributed by atoms with Crippen molar-refractivity contribution < 1.29 is 9.53 Å². The van der Waals surface area contributed by atoms with Gasteiger partial charge in [0.05, 0.1) is 12.0 Å². The van der Waals surface area contributed by atoms with Crippen LogP contribution in [0.1, 0.15) is 27.2 Å². The van der Waals surface area contributed by atoms with Crippen LogP contribution in [-0.2, 0) is 9.53 Å². The van der Waals surface area contributed by atoms with Crippen LogP contribution >= 0.6 is 11.8 Å². The standard InChI is InChI=1S/C18H28N4O2S/c1-4-24-17(23)18(14(2)3)5-6-22(12-18)16-11-15(19-13-20-16)21-7-9-25-10-8-21/h11,13-14H,4-10,12H2,1-3H3. The fourth-order valence-electron chi connectivity index (χ4n) is 3.65. The van der Waals surface area contributed by atoms with Crippen molar-refractivity contribution in [2.75, 3.05) is 54.1 Å². The summed E-state index contributed by atoms with van der Waals surface area (Å²) in [5.74, 6) is 4.34. The zero-order valence-corrected chi connectivity index (χ0v) is 16.2. The summed E-state index contributed by atoms with van der Waals surface area (Å²) in [7, 11) is 0. The molecule has 2 fully saturated rings. The van der Waals surface area contributed by atoms with E-state index in [0.717, 1.165) is 49.2 Å². The third-order valence-corrected chi connectivity index (χ3v) is 6.33. The summed E-state index contributed by atoms with van der Waals surface area (Å²) >= 11 is 1.99. The number of carbonyl (C=O) groups is 1. The number of anilines is 2. The van der Waals surface area contributed by atoms with Crippen LogP contribution in [0.5, 0.6) is 0 Å². The third-order valence-electron chi connectivity index (χ3n) is 5.39. The molecule has 2 aliphatic rings. The maximum absolute atomic E-state index is 12.6. The summed E-state index contributed by atoms with van der Waals surface area (Å²) in [6.45, 7) is 10.1. The molecule has 1 unspecified atom stereocenters. The normalized spacial score (nSPS) is 24.0. The minimum atomic E-state index is -0.442. The van der Waals surface area contributed by atoms with E-state index in [1.807, 2.05) is 18.7 Å². The molecule has 1 aromatic heterocycles. The first-order chi connectivity index (χ1) is 12.1. The van der Waals surface area contributed by atoms with Gasteiger partial charge < -0.3 is 14.5 Å². The van der Waals surface area contributed by atoms with E-state index in [0.29, 0.717) is 13.2 Å². The average Bonchev–Trinajstić information content (AvgIpc) is 3.10. The van der Waals surface area contributed by atoms with E-state index in [4.69, 9.17) is 4.74 Å². The highest BCUT2D eigenvalue weighted by Crippen LogP contribution is 2.40. The summed E-state index contributed by atoms with van der Waals surface area (Å²) < 4.78 is 5.38. The molecule has 7 heteroatoms. The van der Waals surface area contributed by atoms with E-state index in [9.17, 15) is 4.79 Å². The zero-order chi connectivity index (χ0) is 17.9. The Morgan fingerprint density at radius 2 is 1.92 bits per heavy atom. The maximum Gasteiger partial charge on any atom is 0.314 e. The summed E-state index contributed by atoms with van der Waals surface area (Å²) in [5, 5.41) is 0. The van der Waals surface area contributed by atoms with Gasteiger partial charge in [-0.2, -0.15) is 11.8 Å². The summed E-state index contributed by atoms with van der Waals surface area (Å²) in [6, 6.07) is 2.07. The van der Waals surface area contributed by atoms with Crippen LogP contribution < -0.4 is 9.80 Å². The lowest BCUT2D eigenvalue weighted by Crippen LogP contribution is -2.41. The molecule has 25 heavy (non-hydrogen) atoms. The molecule has 0 aromatic carbocycles. The molecular weight excluding hydrogens is 336 g/mol. The van der Waals surface area contributed by atoms with E-state index in [-0.39, 0.29) is 11.9 Å². The van der Waals surface area contributed by atoms with Crippen LogP contribution in [0.25, 0.3) is 0 Å². The zero-order valence-electron chi connectivity index (χ0n) is 15.4. The maximum atomic E-state index is 12.6. The smallest absolute Gasteiger partial charge is 0.314 e. The lowest BCUT2D eigenvalue weighted by molar-refractivity contribution is -0.156. The summed E-state index contributed by atoms with van der Waals surface area (Å²) in [4.78, 5) is 26.1. The highest BCUT2D eigenvalue weighted by Gasteiger charge is 2.48. The minimum Gasteiger partial charge on any atom is -0.466 e. The largest absolute Gasteiger partial charge is 0.466 e. The highest BCUT2D eigenvalue weighted by molar-refractivity contribution is 7.99. The van der Waals surface area contributed by atoms with Gasteiger partial charge in [-0.1, -0.05) is 13.8 Å². The van der Waals surface area contributed by atoms with E-state index < -0.39 is 5.41 Å². The molecular formula is C18H28N4O2S. The molecule has 0 N–H and O–H groups in total. The number of aromatic nitrogens is 2. The predicted octanol–water partition coefficient (Wildman–Crippen LogP) is 2.45. The van der Waals surface area contributed by atoms with Crippen molar-refractivity contribution in [3.63, 3.8) is 0 Å². The Bertz CT molecular complexity index is 606. The lowest BCUT2D eigenvalue weighted by atomic mass is 9.76. The van der Waals surface area contributed by atoms with E-state index in [1.54, 1.807) is 6.33 Å².